The zero-order valence-corrected chi connectivity index (χ0v) is 14.4. The molecule has 25 heavy (non-hydrogen) atoms. The number of hydrazone groups is 1. The highest BCUT2D eigenvalue weighted by Gasteiger charge is 2.29. The highest BCUT2D eigenvalue weighted by molar-refractivity contribution is 8.15. The molecular weight excluding hydrogens is 342 g/mol. The molecule has 0 atom stereocenters. The smallest absolute Gasteiger partial charge is 0.278 e. The van der Waals surface area contributed by atoms with E-state index in [9.17, 15) is 9.59 Å². The van der Waals surface area contributed by atoms with Gasteiger partial charge in [0.1, 0.15) is 11.5 Å². The summed E-state index contributed by atoms with van der Waals surface area (Å²) >= 11 is 1.27. The first-order chi connectivity index (χ1) is 12.1. The van der Waals surface area contributed by atoms with Gasteiger partial charge in [0, 0.05) is 0 Å². The summed E-state index contributed by atoms with van der Waals surface area (Å²) in [5, 5.41) is 4.46. The molecule has 1 saturated heterocycles. The van der Waals surface area contributed by atoms with Crippen molar-refractivity contribution >= 4 is 28.7 Å². The summed E-state index contributed by atoms with van der Waals surface area (Å²) in [5.74, 6) is 1.07. The zero-order chi connectivity index (χ0) is 17.6. The molecule has 0 radical (unpaired) electrons. The summed E-state index contributed by atoms with van der Waals surface area (Å²) in [6, 6.07) is 10.9. The molecule has 1 aliphatic heterocycles. The van der Waals surface area contributed by atoms with Gasteiger partial charge >= 0.3 is 0 Å². The van der Waals surface area contributed by atoms with Gasteiger partial charge < -0.3 is 9.15 Å². The minimum Gasteiger partial charge on any atom is -0.484 e. The summed E-state index contributed by atoms with van der Waals surface area (Å²) in [4.78, 5) is 25.3. The van der Waals surface area contributed by atoms with Gasteiger partial charge in [0.05, 0.1) is 18.6 Å². The molecule has 2 heterocycles. The molecule has 0 bridgehead atoms. The van der Waals surface area contributed by atoms with Crippen molar-refractivity contribution in [2.45, 2.75) is 13.5 Å². The van der Waals surface area contributed by atoms with Crippen molar-refractivity contribution in [3.63, 3.8) is 0 Å². The topological polar surface area (TPSA) is 84.1 Å². The number of hydrogen-bond acceptors (Lipinski definition) is 6. The van der Waals surface area contributed by atoms with E-state index in [1.54, 1.807) is 30.5 Å². The maximum atomic E-state index is 11.9. The van der Waals surface area contributed by atoms with E-state index in [4.69, 9.17) is 9.15 Å². The second-order valence-corrected chi connectivity index (χ2v) is 6.32. The first-order valence-corrected chi connectivity index (χ1v) is 8.62. The van der Waals surface area contributed by atoms with Crippen LogP contribution in [-0.4, -0.2) is 34.2 Å². The molecule has 1 fully saturated rings. The molecule has 1 aromatic carbocycles. The van der Waals surface area contributed by atoms with Crippen LogP contribution in [0.1, 0.15) is 11.3 Å². The van der Waals surface area contributed by atoms with Crippen LogP contribution in [0.4, 0.5) is 0 Å². The summed E-state index contributed by atoms with van der Waals surface area (Å²) in [6.07, 6.45) is 1.55. The largest absolute Gasteiger partial charge is 0.484 e. The highest BCUT2D eigenvalue weighted by Crippen LogP contribution is 2.21. The molecule has 1 aliphatic rings. The zero-order valence-electron chi connectivity index (χ0n) is 13.6. The van der Waals surface area contributed by atoms with Crippen LogP contribution >= 0.6 is 11.8 Å². The molecule has 3 rings (SSSR count). The Morgan fingerprint density at radius 3 is 2.88 bits per heavy atom. The van der Waals surface area contributed by atoms with Gasteiger partial charge in [0.15, 0.2) is 11.8 Å². The first kappa shape index (κ1) is 17.1. The van der Waals surface area contributed by atoms with Gasteiger partial charge in [0.2, 0.25) is 5.91 Å². The molecule has 1 N–H and O–H groups in total. The van der Waals surface area contributed by atoms with Crippen LogP contribution in [0, 0.1) is 6.92 Å². The Morgan fingerprint density at radius 1 is 1.36 bits per heavy atom. The minimum atomic E-state index is -0.397. The standard InChI is InChI=1S/C17H17N3O4S/c1-12-4-6-13(7-5-12)24-10-15(21)18-19-17-20(16(22)11-25-17)9-14-3-2-8-23-14/h2-8H,9-11H2,1H3,(H,18,21)/b19-17-. The predicted molar refractivity (Wildman–Crippen MR) is 94.0 cm³/mol. The summed E-state index contributed by atoms with van der Waals surface area (Å²) in [5.41, 5.74) is 3.53. The number of benzene rings is 1. The van der Waals surface area contributed by atoms with Crippen LogP contribution < -0.4 is 10.2 Å². The predicted octanol–water partition coefficient (Wildman–Crippen LogP) is 2.13. The number of nitrogens with zero attached hydrogens (tertiary/aromatic N) is 2. The molecule has 130 valence electrons. The van der Waals surface area contributed by atoms with E-state index in [0.717, 1.165) is 5.56 Å². The Labute approximate surface area is 149 Å². The lowest BCUT2D eigenvalue weighted by atomic mass is 10.2. The fourth-order valence-electron chi connectivity index (χ4n) is 2.12. The molecule has 2 amide bonds. The Morgan fingerprint density at radius 2 is 2.16 bits per heavy atom. The number of furan rings is 1. The average Bonchev–Trinajstić information content (AvgIpc) is 3.24. The Kier molecular flexibility index (Phi) is 5.39. The molecular formula is C17H17N3O4S. The van der Waals surface area contributed by atoms with Gasteiger partial charge in [-0.1, -0.05) is 29.5 Å². The number of thioether (sulfide) groups is 1. The van der Waals surface area contributed by atoms with Gasteiger partial charge in [-0.15, -0.1) is 5.10 Å². The average molecular weight is 359 g/mol. The number of carbonyl (C=O) groups is 2. The minimum absolute atomic E-state index is 0.0784. The Hall–Kier alpha value is -2.74. The molecule has 2 aromatic rings. The van der Waals surface area contributed by atoms with Gasteiger partial charge in [-0.05, 0) is 31.2 Å². The van der Waals surface area contributed by atoms with E-state index in [2.05, 4.69) is 10.5 Å². The fraction of sp³-hybridized carbons (Fsp3) is 0.235. The number of hydrogen-bond donors (Lipinski definition) is 1. The molecule has 0 aliphatic carbocycles. The van der Waals surface area contributed by atoms with Crippen LogP contribution in [0.25, 0.3) is 0 Å². The maximum absolute atomic E-state index is 11.9. The number of amidine groups is 1. The summed E-state index contributed by atoms with van der Waals surface area (Å²) < 4.78 is 10.6. The van der Waals surface area contributed by atoms with Gasteiger partial charge in [-0.3, -0.25) is 14.5 Å². The lowest BCUT2D eigenvalue weighted by Gasteiger charge is -2.14. The molecule has 0 unspecified atom stereocenters. The van der Waals surface area contributed by atoms with Crippen LogP contribution in [-0.2, 0) is 16.1 Å². The third-order valence-corrected chi connectivity index (χ3v) is 4.38. The number of amides is 2. The van der Waals surface area contributed by atoms with Crippen molar-refractivity contribution in [3.05, 3.63) is 54.0 Å². The monoisotopic (exact) mass is 359 g/mol. The maximum Gasteiger partial charge on any atom is 0.278 e. The van der Waals surface area contributed by atoms with Gasteiger partial charge in [0.25, 0.3) is 5.91 Å². The van der Waals surface area contributed by atoms with E-state index in [-0.39, 0.29) is 24.8 Å². The Bertz CT molecular complexity index is 772. The highest BCUT2D eigenvalue weighted by atomic mass is 32.2. The van der Waals surface area contributed by atoms with Crippen molar-refractivity contribution < 1.29 is 18.7 Å². The van der Waals surface area contributed by atoms with Gasteiger partial charge in [-0.25, -0.2) is 5.43 Å². The number of carbonyl (C=O) groups excluding carboxylic acids is 2. The van der Waals surface area contributed by atoms with E-state index < -0.39 is 5.91 Å². The van der Waals surface area contributed by atoms with Crippen LogP contribution in [0.15, 0.2) is 52.2 Å². The van der Waals surface area contributed by atoms with Crippen LogP contribution in [0.3, 0.4) is 0 Å². The van der Waals surface area contributed by atoms with E-state index in [1.165, 1.54) is 16.7 Å². The second kappa shape index (κ2) is 7.89. The molecule has 0 spiro atoms. The quantitative estimate of drug-likeness (QED) is 0.799. The van der Waals surface area contributed by atoms with E-state index >= 15 is 0 Å². The molecule has 8 heteroatoms. The van der Waals surface area contributed by atoms with Crippen molar-refractivity contribution in [2.75, 3.05) is 12.4 Å². The number of rotatable bonds is 6. The molecule has 7 nitrogen and oxygen atoms in total. The van der Waals surface area contributed by atoms with Crippen LogP contribution in [0.2, 0.25) is 0 Å². The van der Waals surface area contributed by atoms with Crippen molar-refractivity contribution in [1.29, 1.82) is 0 Å². The third kappa shape index (κ3) is 4.63. The van der Waals surface area contributed by atoms with Crippen molar-refractivity contribution in [2.24, 2.45) is 5.10 Å². The second-order valence-electron chi connectivity index (χ2n) is 5.38. The van der Waals surface area contributed by atoms with E-state index in [1.807, 2.05) is 19.1 Å². The lowest BCUT2D eigenvalue weighted by Crippen LogP contribution is -2.32. The molecule has 1 aromatic heterocycles. The Balaban J connectivity index is 1.53. The molecule has 0 saturated carbocycles. The number of nitrogens with one attached hydrogen (secondary N) is 1. The normalized spacial score (nSPS) is 15.6. The third-order valence-electron chi connectivity index (χ3n) is 3.42. The SMILES string of the molecule is Cc1ccc(OCC(=O)N/N=C2\SCC(=O)N2Cc2ccco2)cc1. The van der Waals surface area contributed by atoms with Crippen molar-refractivity contribution in [3.8, 4) is 5.75 Å². The van der Waals surface area contributed by atoms with Gasteiger partial charge in [-0.2, -0.15) is 0 Å². The summed E-state index contributed by atoms with van der Waals surface area (Å²) in [6.45, 7) is 2.10. The number of aryl methyl sites for hydroxylation is 1. The first-order valence-electron chi connectivity index (χ1n) is 7.63. The van der Waals surface area contributed by atoms with Crippen molar-refractivity contribution in [1.82, 2.24) is 10.3 Å². The fourth-order valence-corrected chi connectivity index (χ4v) is 2.96. The summed E-state index contributed by atoms with van der Waals surface area (Å²) in [7, 11) is 0. The lowest BCUT2D eigenvalue weighted by molar-refractivity contribution is -0.125. The number of ether oxygens (including phenoxy) is 1. The van der Waals surface area contributed by atoms with E-state index in [0.29, 0.717) is 16.7 Å². The van der Waals surface area contributed by atoms with Crippen LogP contribution in [0.5, 0.6) is 5.75 Å².